The van der Waals surface area contributed by atoms with Gasteiger partial charge in [0.1, 0.15) is 5.58 Å². The number of rotatable bonds is 3. The van der Waals surface area contributed by atoms with E-state index < -0.39 is 0 Å². The normalized spacial score (nSPS) is 11.5. The van der Waals surface area contributed by atoms with Gasteiger partial charge in [0, 0.05) is 10.9 Å². The van der Waals surface area contributed by atoms with E-state index in [1.165, 1.54) is 0 Å². The summed E-state index contributed by atoms with van der Waals surface area (Å²) < 4.78 is 10.9. The highest BCUT2D eigenvalue weighted by Crippen LogP contribution is 2.33. The Morgan fingerprint density at radius 3 is 2.79 bits per heavy atom. The number of nitrogen functional groups attached to an aromatic ring is 1. The molecule has 1 aromatic carbocycles. The van der Waals surface area contributed by atoms with Gasteiger partial charge in [0.15, 0.2) is 11.5 Å². The van der Waals surface area contributed by atoms with E-state index in [-0.39, 0.29) is 0 Å². The van der Waals surface area contributed by atoms with Crippen molar-refractivity contribution < 1.29 is 8.94 Å². The number of para-hydroxylation sites is 1. The minimum Gasteiger partial charge on any atom is -0.454 e. The maximum Gasteiger partial charge on any atom is 0.226 e. The molecule has 98 valence electrons. The summed E-state index contributed by atoms with van der Waals surface area (Å²) >= 11 is 0. The van der Waals surface area contributed by atoms with Crippen LogP contribution in [0.3, 0.4) is 0 Å². The standard InChI is InChI=1S/C15H16N2O2/c1-9(2)7-11-14(17-19-15(11)16)13-8-10-5-3-4-6-12(10)18-13/h3-6,8-9H,7,16H2,1-2H3. The first-order valence-corrected chi connectivity index (χ1v) is 6.38. The quantitative estimate of drug-likeness (QED) is 0.772. The van der Waals surface area contributed by atoms with Crippen LogP contribution in [0.15, 0.2) is 39.3 Å². The SMILES string of the molecule is CC(C)Cc1c(-c2cc3ccccc3o2)noc1N. The highest BCUT2D eigenvalue weighted by molar-refractivity contribution is 5.83. The predicted octanol–water partition coefficient (Wildman–Crippen LogP) is 3.87. The number of nitrogens with zero attached hydrogens (tertiary/aromatic N) is 1. The zero-order valence-electron chi connectivity index (χ0n) is 11.0. The van der Waals surface area contributed by atoms with Crippen LogP contribution >= 0.6 is 0 Å². The lowest BCUT2D eigenvalue weighted by Crippen LogP contribution is -1.98. The monoisotopic (exact) mass is 256 g/mol. The Hall–Kier alpha value is -2.23. The number of furan rings is 1. The van der Waals surface area contributed by atoms with E-state index in [0.29, 0.717) is 23.3 Å². The van der Waals surface area contributed by atoms with Gasteiger partial charge in [-0.2, -0.15) is 0 Å². The molecule has 2 N–H and O–H groups in total. The average Bonchev–Trinajstić information content (AvgIpc) is 2.93. The second kappa shape index (κ2) is 4.46. The van der Waals surface area contributed by atoms with Gasteiger partial charge >= 0.3 is 0 Å². The predicted molar refractivity (Wildman–Crippen MR) is 74.7 cm³/mol. The van der Waals surface area contributed by atoms with Crippen LogP contribution in [0.5, 0.6) is 0 Å². The summed E-state index contributed by atoms with van der Waals surface area (Å²) in [4.78, 5) is 0. The molecule has 2 aromatic heterocycles. The first-order chi connectivity index (χ1) is 9.15. The summed E-state index contributed by atoms with van der Waals surface area (Å²) in [5.41, 5.74) is 8.33. The fourth-order valence-electron chi connectivity index (χ4n) is 2.22. The van der Waals surface area contributed by atoms with Gasteiger partial charge < -0.3 is 14.7 Å². The maximum absolute atomic E-state index is 5.85. The zero-order valence-corrected chi connectivity index (χ0v) is 11.0. The molecule has 0 bridgehead atoms. The van der Waals surface area contributed by atoms with Gasteiger partial charge in [0.25, 0.3) is 0 Å². The number of fused-ring (bicyclic) bond motifs is 1. The van der Waals surface area contributed by atoms with Crippen LogP contribution in [-0.2, 0) is 6.42 Å². The second-order valence-corrected chi connectivity index (χ2v) is 5.12. The fourth-order valence-corrected chi connectivity index (χ4v) is 2.22. The van der Waals surface area contributed by atoms with Crippen molar-refractivity contribution in [3.05, 3.63) is 35.9 Å². The van der Waals surface area contributed by atoms with Crippen LogP contribution in [-0.4, -0.2) is 5.16 Å². The number of hydrogen-bond donors (Lipinski definition) is 1. The molecule has 0 unspecified atom stereocenters. The maximum atomic E-state index is 5.85. The Balaban J connectivity index is 2.10. The van der Waals surface area contributed by atoms with E-state index in [1.807, 2.05) is 30.3 Å². The van der Waals surface area contributed by atoms with Crippen LogP contribution < -0.4 is 5.73 Å². The van der Waals surface area contributed by atoms with Gasteiger partial charge in [-0.05, 0) is 24.5 Å². The Kier molecular flexibility index (Phi) is 2.78. The first kappa shape index (κ1) is 11.8. The molecule has 0 radical (unpaired) electrons. The van der Waals surface area contributed by atoms with Crippen LogP contribution in [0.25, 0.3) is 22.4 Å². The van der Waals surface area contributed by atoms with E-state index in [9.17, 15) is 0 Å². The third kappa shape index (κ3) is 2.10. The van der Waals surface area contributed by atoms with E-state index in [0.717, 1.165) is 23.0 Å². The molecule has 4 nitrogen and oxygen atoms in total. The van der Waals surface area contributed by atoms with Crippen LogP contribution in [0.4, 0.5) is 5.88 Å². The third-order valence-electron chi connectivity index (χ3n) is 3.09. The molecule has 0 saturated carbocycles. The van der Waals surface area contributed by atoms with Gasteiger partial charge in [-0.3, -0.25) is 0 Å². The smallest absolute Gasteiger partial charge is 0.226 e. The minimum atomic E-state index is 0.379. The number of nitrogens with two attached hydrogens (primary N) is 1. The van der Waals surface area contributed by atoms with Crippen molar-refractivity contribution in [2.75, 3.05) is 5.73 Å². The highest BCUT2D eigenvalue weighted by Gasteiger charge is 2.19. The van der Waals surface area contributed by atoms with Crippen LogP contribution in [0.1, 0.15) is 19.4 Å². The second-order valence-electron chi connectivity index (χ2n) is 5.12. The molecule has 0 amide bonds. The number of aromatic nitrogens is 1. The van der Waals surface area contributed by atoms with Crippen molar-refractivity contribution in [2.45, 2.75) is 20.3 Å². The van der Waals surface area contributed by atoms with Gasteiger partial charge in [-0.1, -0.05) is 37.2 Å². The summed E-state index contributed by atoms with van der Waals surface area (Å²) in [5.74, 6) is 1.56. The fraction of sp³-hybridized carbons (Fsp3) is 0.267. The molecular formula is C15H16N2O2. The topological polar surface area (TPSA) is 65.2 Å². The van der Waals surface area contributed by atoms with Crippen molar-refractivity contribution in [3.8, 4) is 11.5 Å². The molecule has 2 heterocycles. The molecule has 3 rings (SSSR count). The van der Waals surface area contributed by atoms with Gasteiger partial charge in [-0.15, -0.1) is 0 Å². The molecule has 0 spiro atoms. The summed E-state index contributed by atoms with van der Waals surface area (Å²) in [6, 6.07) is 9.84. The first-order valence-electron chi connectivity index (χ1n) is 6.38. The summed E-state index contributed by atoms with van der Waals surface area (Å²) in [7, 11) is 0. The van der Waals surface area contributed by atoms with Crippen molar-refractivity contribution in [3.63, 3.8) is 0 Å². The zero-order chi connectivity index (χ0) is 13.4. The molecule has 3 aromatic rings. The van der Waals surface area contributed by atoms with Crippen LogP contribution in [0.2, 0.25) is 0 Å². The molecular weight excluding hydrogens is 240 g/mol. The molecule has 0 fully saturated rings. The van der Waals surface area contributed by atoms with Gasteiger partial charge in [0.05, 0.1) is 0 Å². The van der Waals surface area contributed by atoms with Crippen LogP contribution in [0, 0.1) is 5.92 Å². The summed E-state index contributed by atoms with van der Waals surface area (Å²) in [6.07, 6.45) is 0.821. The van der Waals surface area contributed by atoms with Crippen molar-refractivity contribution in [1.29, 1.82) is 0 Å². The molecule has 0 aliphatic carbocycles. The lowest BCUT2D eigenvalue weighted by atomic mass is 10.0. The molecule has 19 heavy (non-hydrogen) atoms. The Labute approximate surface area is 111 Å². The molecule has 0 aliphatic rings. The third-order valence-corrected chi connectivity index (χ3v) is 3.09. The Morgan fingerprint density at radius 2 is 2.05 bits per heavy atom. The van der Waals surface area contributed by atoms with E-state index >= 15 is 0 Å². The van der Waals surface area contributed by atoms with Crippen molar-refractivity contribution >= 4 is 16.9 Å². The molecule has 0 atom stereocenters. The van der Waals surface area contributed by atoms with Crippen molar-refractivity contribution in [2.24, 2.45) is 5.92 Å². The van der Waals surface area contributed by atoms with E-state index in [2.05, 4.69) is 19.0 Å². The molecule has 4 heteroatoms. The lowest BCUT2D eigenvalue weighted by Gasteiger charge is -2.03. The minimum absolute atomic E-state index is 0.379. The van der Waals surface area contributed by atoms with Gasteiger partial charge in [-0.25, -0.2) is 0 Å². The average molecular weight is 256 g/mol. The largest absolute Gasteiger partial charge is 0.454 e. The lowest BCUT2D eigenvalue weighted by molar-refractivity contribution is 0.435. The summed E-state index contributed by atoms with van der Waals surface area (Å²) in [5, 5.41) is 5.09. The Bertz CT molecular complexity index is 677. The van der Waals surface area contributed by atoms with Gasteiger partial charge in [0.2, 0.25) is 5.88 Å². The van der Waals surface area contributed by atoms with E-state index in [4.69, 9.17) is 14.7 Å². The number of hydrogen-bond acceptors (Lipinski definition) is 4. The summed E-state index contributed by atoms with van der Waals surface area (Å²) in [6.45, 7) is 4.27. The molecule has 0 saturated heterocycles. The molecule has 0 aliphatic heterocycles. The number of benzene rings is 1. The van der Waals surface area contributed by atoms with E-state index in [1.54, 1.807) is 0 Å². The number of anilines is 1. The highest BCUT2D eigenvalue weighted by atomic mass is 16.5. The Morgan fingerprint density at radius 1 is 1.26 bits per heavy atom. The van der Waals surface area contributed by atoms with Crippen molar-refractivity contribution in [1.82, 2.24) is 5.16 Å².